The summed E-state index contributed by atoms with van der Waals surface area (Å²) >= 11 is 0. The van der Waals surface area contributed by atoms with Crippen LogP contribution in [-0.2, 0) is 0 Å². The van der Waals surface area contributed by atoms with Crippen LogP contribution < -0.4 is 11.3 Å². The van der Waals surface area contributed by atoms with Gasteiger partial charge in [-0.3, -0.25) is 16.3 Å². The van der Waals surface area contributed by atoms with Gasteiger partial charge in [0.15, 0.2) is 0 Å². The highest BCUT2D eigenvalue weighted by molar-refractivity contribution is 5.84. The van der Waals surface area contributed by atoms with Crippen LogP contribution in [0.1, 0.15) is 43.8 Å². The largest absolute Gasteiger partial charge is 0.271 e. The maximum Gasteiger partial charge on any atom is 0.0664 e. The second-order valence-electron chi connectivity index (χ2n) is 5.06. The molecule has 0 aliphatic carbocycles. The first-order valence-corrected chi connectivity index (χ1v) is 7.27. The average Bonchev–Trinajstić information content (AvgIpc) is 2.51. The van der Waals surface area contributed by atoms with E-state index in [1.165, 1.54) is 23.6 Å². The predicted octanol–water partition coefficient (Wildman–Crippen LogP) is 3.88. The lowest BCUT2D eigenvalue weighted by molar-refractivity contribution is 0.477. The molecule has 3 nitrogen and oxygen atoms in total. The molecular weight excluding hydrogens is 246 g/mol. The van der Waals surface area contributed by atoms with Crippen LogP contribution in [-0.4, -0.2) is 4.98 Å². The Bertz CT molecular complexity index is 545. The van der Waals surface area contributed by atoms with Crippen LogP contribution in [0.25, 0.3) is 10.8 Å². The third-order valence-electron chi connectivity index (χ3n) is 3.64. The summed E-state index contributed by atoms with van der Waals surface area (Å²) in [5, 5.41) is 2.40. The third kappa shape index (κ3) is 3.65. The number of unbranched alkanes of at least 4 members (excludes halogenated alkanes) is 3. The molecule has 0 saturated carbocycles. The normalized spacial score (nSPS) is 12.4. The van der Waals surface area contributed by atoms with Crippen molar-refractivity contribution in [3.8, 4) is 0 Å². The number of hydrogen-bond donors (Lipinski definition) is 2. The van der Waals surface area contributed by atoms with Crippen molar-refractivity contribution in [2.24, 2.45) is 5.84 Å². The van der Waals surface area contributed by atoms with Gasteiger partial charge in [-0.1, -0.05) is 43.2 Å². The van der Waals surface area contributed by atoms with Crippen LogP contribution in [0.5, 0.6) is 0 Å². The van der Waals surface area contributed by atoms with Crippen molar-refractivity contribution in [3.63, 3.8) is 0 Å². The number of hydrazine groups is 1. The minimum Gasteiger partial charge on any atom is -0.271 e. The monoisotopic (exact) mass is 269 g/mol. The van der Waals surface area contributed by atoms with Crippen LogP contribution in [0.15, 0.2) is 49.2 Å². The molecule has 0 radical (unpaired) electrons. The smallest absolute Gasteiger partial charge is 0.0664 e. The van der Waals surface area contributed by atoms with E-state index in [1.54, 1.807) is 0 Å². The van der Waals surface area contributed by atoms with Gasteiger partial charge in [0.25, 0.3) is 0 Å². The van der Waals surface area contributed by atoms with Gasteiger partial charge in [-0.25, -0.2) is 0 Å². The van der Waals surface area contributed by atoms with Gasteiger partial charge in [0.05, 0.1) is 11.7 Å². The van der Waals surface area contributed by atoms with Crippen molar-refractivity contribution >= 4 is 10.8 Å². The molecular formula is C17H23N3. The number of nitrogens with one attached hydrogen (secondary N) is 1. The Morgan fingerprint density at radius 2 is 2.05 bits per heavy atom. The Labute approximate surface area is 120 Å². The summed E-state index contributed by atoms with van der Waals surface area (Å²) in [5.41, 5.74) is 3.97. The highest BCUT2D eigenvalue weighted by Gasteiger charge is 2.13. The number of fused-ring (bicyclic) bond motifs is 1. The number of rotatable bonds is 8. The lowest BCUT2D eigenvalue weighted by Gasteiger charge is -2.17. The van der Waals surface area contributed by atoms with Gasteiger partial charge in [-0.05, 0) is 30.7 Å². The lowest BCUT2D eigenvalue weighted by Crippen LogP contribution is -2.28. The number of allylic oxidation sites excluding steroid dienone is 1. The molecule has 0 fully saturated rings. The second-order valence-corrected chi connectivity index (χ2v) is 5.06. The van der Waals surface area contributed by atoms with Gasteiger partial charge in [-0.2, -0.15) is 0 Å². The van der Waals surface area contributed by atoms with Crippen molar-refractivity contribution < 1.29 is 0 Å². The zero-order valence-corrected chi connectivity index (χ0v) is 11.9. The summed E-state index contributed by atoms with van der Waals surface area (Å²) in [6.07, 6.45) is 9.48. The van der Waals surface area contributed by atoms with Gasteiger partial charge < -0.3 is 0 Å². The molecule has 1 atom stereocenters. The molecule has 1 unspecified atom stereocenters. The van der Waals surface area contributed by atoms with Crippen LogP contribution in [0, 0.1) is 0 Å². The van der Waals surface area contributed by atoms with Crippen LogP contribution in [0.3, 0.4) is 0 Å². The number of nitrogens with two attached hydrogens (primary N) is 1. The van der Waals surface area contributed by atoms with Gasteiger partial charge >= 0.3 is 0 Å². The van der Waals surface area contributed by atoms with Gasteiger partial charge in [0, 0.05) is 11.6 Å². The molecule has 20 heavy (non-hydrogen) atoms. The van der Waals surface area contributed by atoms with Gasteiger partial charge in [-0.15, -0.1) is 6.58 Å². The summed E-state index contributed by atoms with van der Waals surface area (Å²) in [6.45, 7) is 3.75. The number of aromatic nitrogens is 1. The molecule has 1 aromatic carbocycles. The molecule has 0 saturated heterocycles. The maximum atomic E-state index is 5.73. The molecule has 0 aliphatic rings. The molecule has 3 N–H and O–H groups in total. The average molecular weight is 269 g/mol. The van der Waals surface area contributed by atoms with Gasteiger partial charge in [0.1, 0.15) is 0 Å². The van der Waals surface area contributed by atoms with E-state index in [1.807, 2.05) is 30.5 Å². The molecule has 0 amide bonds. The van der Waals surface area contributed by atoms with Crippen LogP contribution >= 0.6 is 0 Å². The van der Waals surface area contributed by atoms with E-state index in [4.69, 9.17) is 5.84 Å². The fourth-order valence-corrected chi connectivity index (χ4v) is 2.53. The topological polar surface area (TPSA) is 50.9 Å². The molecule has 2 aromatic rings. The highest BCUT2D eigenvalue weighted by Crippen LogP contribution is 2.25. The zero-order valence-electron chi connectivity index (χ0n) is 11.9. The molecule has 1 heterocycles. The fraction of sp³-hybridized carbons (Fsp3) is 0.353. The summed E-state index contributed by atoms with van der Waals surface area (Å²) in [7, 11) is 0. The van der Waals surface area contributed by atoms with Crippen molar-refractivity contribution in [1.82, 2.24) is 10.4 Å². The number of nitrogens with zero attached hydrogens (tertiary/aromatic N) is 1. The van der Waals surface area contributed by atoms with E-state index in [0.29, 0.717) is 0 Å². The Hall–Kier alpha value is -1.71. The number of hydrogen-bond acceptors (Lipinski definition) is 3. The molecule has 2 rings (SSSR count). The van der Waals surface area contributed by atoms with Crippen molar-refractivity contribution in [1.29, 1.82) is 0 Å². The third-order valence-corrected chi connectivity index (χ3v) is 3.64. The Balaban J connectivity index is 2.07. The van der Waals surface area contributed by atoms with Crippen LogP contribution in [0.4, 0.5) is 0 Å². The number of benzene rings is 1. The standard InChI is InChI=1S/C17H23N3/c1-2-3-4-5-6-11-16(20-18)17-15-10-8-7-9-14(15)12-13-19-17/h2,7-10,12-13,16,20H,1,3-6,11,18H2. The molecule has 0 bridgehead atoms. The zero-order chi connectivity index (χ0) is 14.2. The lowest BCUT2D eigenvalue weighted by atomic mass is 10.00. The van der Waals surface area contributed by atoms with Crippen LogP contribution in [0.2, 0.25) is 0 Å². The molecule has 0 spiro atoms. The van der Waals surface area contributed by atoms with Crippen molar-refractivity contribution in [2.75, 3.05) is 0 Å². The second kappa shape index (κ2) is 7.78. The molecule has 106 valence electrons. The summed E-state index contributed by atoms with van der Waals surface area (Å²) in [6, 6.07) is 10.5. The highest BCUT2D eigenvalue weighted by atomic mass is 15.2. The molecule has 3 heteroatoms. The van der Waals surface area contributed by atoms with E-state index < -0.39 is 0 Å². The van der Waals surface area contributed by atoms with E-state index >= 15 is 0 Å². The SMILES string of the molecule is C=CCCCCCC(NN)c1nccc2ccccc12. The molecule has 1 aromatic heterocycles. The maximum absolute atomic E-state index is 5.73. The fourth-order valence-electron chi connectivity index (χ4n) is 2.53. The first kappa shape index (κ1) is 14.7. The van der Waals surface area contributed by atoms with E-state index in [0.717, 1.165) is 25.0 Å². The Kier molecular flexibility index (Phi) is 5.71. The van der Waals surface area contributed by atoms with Crippen molar-refractivity contribution in [2.45, 2.75) is 38.1 Å². The summed E-state index contributed by atoms with van der Waals surface area (Å²) < 4.78 is 0. The molecule has 0 aliphatic heterocycles. The first-order chi connectivity index (χ1) is 9.86. The van der Waals surface area contributed by atoms with E-state index in [2.05, 4.69) is 29.1 Å². The summed E-state index contributed by atoms with van der Waals surface area (Å²) in [5.74, 6) is 5.73. The minimum absolute atomic E-state index is 0.116. The Morgan fingerprint density at radius 1 is 1.20 bits per heavy atom. The quantitative estimate of drug-likeness (QED) is 0.331. The van der Waals surface area contributed by atoms with E-state index in [9.17, 15) is 0 Å². The first-order valence-electron chi connectivity index (χ1n) is 7.27. The minimum atomic E-state index is 0.116. The van der Waals surface area contributed by atoms with E-state index in [-0.39, 0.29) is 6.04 Å². The predicted molar refractivity (Wildman–Crippen MR) is 85.1 cm³/mol. The summed E-state index contributed by atoms with van der Waals surface area (Å²) in [4.78, 5) is 4.53. The number of pyridine rings is 1. The van der Waals surface area contributed by atoms with Crippen molar-refractivity contribution in [3.05, 3.63) is 54.9 Å². The Morgan fingerprint density at radius 3 is 2.85 bits per heavy atom. The van der Waals surface area contributed by atoms with Gasteiger partial charge in [0.2, 0.25) is 0 Å².